The van der Waals surface area contributed by atoms with Gasteiger partial charge in [0.05, 0.1) is 5.92 Å². The average molecular weight is 260 g/mol. The van der Waals surface area contributed by atoms with Gasteiger partial charge >= 0.3 is 0 Å². The van der Waals surface area contributed by atoms with Crippen molar-refractivity contribution in [3.8, 4) is 0 Å². The van der Waals surface area contributed by atoms with Crippen molar-refractivity contribution in [1.29, 1.82) is 0 Å². The summed E-state index contributed by atoms with van der Waals surface area (Å²) in [4.78, 5) is 35.8. The van der Waals surface area contributed by atoms with E-state index in [1.165, 1.54) is 13.8 Å². The molecule has 0 radical (unpaired) electrons. The Morgan fingerprint density at radius 1 is 1.21 bits per heavy atom. The highest BCUT2D eigenvalue weighted by molar-refractivity contribution is 5.98. The van der Waals surface area contributed by atoms with Gasteiger partial charge in [0.2, 0.25) is 11.8 Å². The van der Waals surface area contributed by atoms with E-state index in [1.54, 1.807) is 29.2 Å². The van der Waals surface area contributed by atoms with Gasteiger partial charge in [-0.15, -0.1) is 0 Å². The summed E-state index contributed by atoms with van der Waals surface area (Å²) in [5.41, 5.74) is 1.18. The quantitative estimate of drug-likeness (QED) is 0.833. The van der Waals surface area contributed by atoms with Crippen LogP contribution in [0.2, 0.25) is 0 Å². The molecule has 1 heterocycles. The predicted octanol–water partition coefficient (Wildman–Crippen LogP) is 1.31. The van der Waals surface area contributed by atoms with E-state index in [4.69, 9.17) is 0 Å². The van der Waals surface area contributed by atoms with E-state index in [0.29, 0.717) is 24.3 Å². The van der Waals surface area contributed by atoms with E-state index < -0.39 is 0 Å². The van der Waals surface area contributed by atoms with E-state index in [9.17, 15) is 14.4 Å². The first kappa shape index (κ1) is 13.3. The standard InChI is InChI=1S/C14H16N2O3/c1-9(17)11-4-3-5-13(6-11)15-14(19)12-7-16(8-12)10(2)18/h3-6,12H,7-8H2,1-2H3,(H,15,19). The summed E-state index contributed by atoms with van der Waals surface area (Å²) in [7, 11) is 0. The number of benzene rings is 1. The van der Waals surface area contributed by atoms with Crippen LogP contribution < -0.4 is 5.32 Å². The second-order valence-electron chi connectivity index (χ2n) is 4.75. The molecular weight excluding hydrogens is 244 g/mol. The van der Waals surface area contributed by atoms with Gasteiger partial charge in [-0.3, -0.25) is 14.4 Å². The van der Waals surface area contributed by atoms with Gasteiger partial charge in [0.15, 0.2) is 5.78 Å². The Kier molecular flexibility index (Phi) is 3.64. The number of hydrogen-bond acceptors (Lipinski definition) is 3. The smallest absolute Gasteiger partial charge is 0.231 e. The summed E-state index contributed by atoms with van der Waals surface area (Å²) >= 11 is 0. The molecular formula is C14H16N2O3. The fourth-order valence-electron chi connectivity index (χ4n) is 1.96. The summed E-state index contributed by atoms with van der Waals surface area (Å²) in [6.45, 7) is 3.91. The van der Waals surface area contributed by atoms with Crippen LogP contribution in [0.15, 0.2) is 24.3 Å². The van der Waals surface area contributed by atoms with Crippen LogP contribution >= 0.6 is 0 Å². The molecule has 1 saturated heterocycles. The highest BCUT2D eigenvalue weighted by atomic mass is 16.2. The first-order valence-electron chi connectivity index (χ1n) is 6.14. The van der Waals surface area contributed by atoms with E-state index in [-0.39, 0.29) is 23.5 Å². The molecule has 0 aromatic heterocycles. The molecule has 1 aliphatic rings. The Morgan fingerprint density at radius 2 is 1.89 bits per heavy atom. The molecule has 1 aliphatic heterocycles. The fraction of sp³-hybridized carbons (Fsp3) is 0.357. The van der Waals surface area contributed by atoms with Crippen molar-refractivity contribution in [3.05, 3.63) is 29.8 Å². The Labute approximate surface area is 111 Å². The topological polar surface area (TPSA) is 66.5 Å². The molecule has 0 atom stereocenters. The molecule has 100 valence electrons. The summed E-state index contributed by atoms with van der Waals surface area (Å²) in [6, 6.07) is 6.83. The second kappa shape index (κ2) is 5.22. The SMILES string of the molecule is CC(=O)c1cccc(NC(=O)C2CN(C(C)=O)C2)c1. The van der Waals surface area contributed by atoms with Crippen LogP contribution in [0.25, 0.3) is 0 Å². The zero-order chi connectivity index (χ0) is 14.0. The number of hydrogen-bond donors (Lipinski definition) is 1. The largest absolute Gasteiger partial charge is 0.341 e. The molecule has 2 rings (SSSR count). The van der Waals surface area contributed by atoms with Crippen molar-refractivity contribution in [3.63, 3.8) is 0 Å². The minimum atomic E-state index is -0.162. The van der Waals surface area contributed by atoms with Gasteiger partial charge in [-0.1, -0.05) is 12.1 Å². The van der Waals surface area contributed by atoms with E-state index in [2.05, 4.69) is 5.32 Å². The molecule has 19 heavy (non-hydrogen) atoms. The molecule has 0 spiro atoms. The Morgan fingerprint density at radius 3 is 2.47 bits per heavy atom. The highest BCUT2D eigenvalue weighted by Crippen LogP contribution is 2.18. The number of likely N-dealkylation sites (tertiary alicyclic amines) is 1. The maximum Gasteiger partial charge on any atom is 0.231 e. The first-order valence-corrected chi connectivity index (χ1v) is 6.14. The van der Waals surface area contributed by atoms with E-state index in [0.717, 1.165) is 0 Å². The fourth-order valence-corrected chi connectivity index (χ4v) is 1.96. The van der Waals surface area contributed by atoms with Gasteiger partial charge in [0.1, 0.15) is 0 Å². The molecule has 1 aromatic rings. The van der Waals surface area contributed by atoms with Gasteiger partial charge in [-0.2, -0.15) is 0 Å². The van der Waals surface area contributed by atoms with Crippen LogP contribution in [0.3, 0.4) is 0 Å². The second-order valence-corrected chi connectivity index (χ2v) is 4.75. The van der Waals surface area contributed by atoms with Gasteiger partial charge in [0.25, 0.3) is 0 Å². The summed E-state index contributed by atoms with van der Waals surface area (Å²) in [6.07, 6.45) is 0. The zero-order valence-electron chi connectivity index (χ0n) is 11.0. The molecule has 0 bridgehead atoms. The summed E-state index contributed by atoms with van der Waals surface area (Å²) < 4.78 is 0. The number of ketones is 1. The average Bonchev–Trinajstić information content (AvgIpc) is 2.26. The molecule has 2 amide bonds. The Bertz CT molecular complexity index is 533. The maximum absolute atomic E-state index is 11.9. The highest BCUT2D eigenvalue weighted by Gasteiger charge is 2.34. The number of amides is 2. The monoisotopic (exact) mass is 260 g/mol. The van der Waals surface area contributed by atoms with Crippen LogP contribution in [-0.2, 0) is 9.59 Å². The Balaban J connectivity index is 1.95. The van der Waals surface area contributed by atoms with Gasteiger partial charge in [-0.05, 0) is 19.1 Å². The van der Waals surface area contributed by atoms with Crippen molar-refractivity contribution >= 4 is 23.3 Å². The number of Topliss-reactive ketones (excluding diaryl/α,β-unsaturated/α-hetero) is 1. The number of anilines is 1. The molecule has 5 heteroatoms. The lowest BCUT2D eigenvalue weighted by Gasteiger charge is -2.37. The van der Waals surface area contributed by atoms with Crippen molar-refractivity contribution in [2.75, 3.05) is 18.4 Å². The van der Waals surface area contributed by atoms with Crippen molar-refractivity contribution in [2.45, 2.75) is 13.8 Å². The van der Waals surface area contributed by atoms with Crippen molar-refractivity contribution in [2.24, 2.45) is 5.92 Å². The lowest BCUT2D eigenvalue weighted by atomic mass is 9.99. The minimum Gasteiger partial charge on any atom is -0.341 e. The predicted molar refractivity (Wildman–Crippen MR) is 70.8 cm³/mol. The van der Waals surface area contributed by atoms with Crippen molar-refractivity contribution in [1.82, 2.24) is 4.90 Å². The normalized spacial score (nSPS) is 14.7. The third kappa shape index (κ3) is 2.99. The lowest BCUT2D eigenvalue weighted by molar-refractivity contribution is -0.139. The van der Waals surface area contributed by atoms with Crippen LogP contribution in [-0.4, -0.2) is 35.6 Å². The molecule has 1 aromatic carbocycles. The van der Waals surface area contributed by atoms with Gasteiger partial charge < -0.3 is 10.2 Å². The van der Waals surface area contributed by atoms with E-state index in [1.807, 2.05) is 0 Å². The molecule has 5 nitrogen and oxygen atoms in total. The zero-order valence-corrected chi connectivity index (χ0v) is 11.0. The molecule has 0 saturated carbocycles. The van der Waals surface area contributed by atoms with Crippen LogP contribution in [0.1, 0.15) is 24.2 Å². The van der Waals surface area contributed by atoms with Crippen molar-refractivity contribution < 1.29 is 14.4 Å². The third-order valence-electron chi connectivity index (χ3n) is 3.23. The number of carbonyl (C=O) groups excluding carboxylic acids is 3. The van der Waals surface area contributed by atoms with Gasteiger partial charge in [-0.25, -0.2) is 0 Å². The molecule has 0 unspecified atom stereocenters. The molecule has 0 aliphatic carbocycles. The lowest BCUT2D eigenvalue weighted by Crippen LogP contribution is -2.53. The van der Waals surface area contributed by atoms with Crippen LogP contribution in [0, 0.1) is 5.92 Å². The van der Waals surface area contributed by atoms with Crippen LogP contribution in [0.4, 0.5) is 5.69 Å². The maximum atomic E-state index is 11.9. The van der Waals surface area contributed by atoms with Gasteiger partial charge in [0, 0.05) is 31.3 Å². The van der Waals surface area contributed by atoms with E-state index >= 15 is 0 Å². The molecule has 1 fully saturated rings. The number of nitrogens with one attached hydrogen (secondary N) is 1. The summed E-state index contributed by atoms with van der Waals surface area (Å²) in [5.74, 6) is -0.326. The first-order chi connectivity index (χ1) is 8.97. The number of carbonyl (C=O) groups is 3. The van der Waals surface area contributed by atoms with Crippen LogP contribution in [0.5, 0.6) is 0 Å². The Hall–Kier alpha value is -2.17. The number of rotatable bonds is 3. The number of nitrogens with zero attached hydrogens (tertiary/aromatic N) is 1. The molecule has 1 N–H and O–H groups in total. The minimum absolute atomic E-state index is 0.0115. The summed E-state index contributed by atoms with van der Waals surface area (Å²) in [5, 5.41) is 2.77. The third-order valence-corrected chi connectivity index (χ3v) is 3.23.